The fourth-order valence-electron chi connectivity index (χ4n) is 3.31. The van der Waals surface area contributed by atoms with Crippen LogP contribution in [0.4, 0.5) is 4.39 Å². The Morgan fingerprint density at radius 1 is 1.35 bits per heavy atom. The first-order valence-corrected chi connectivity index (χ1v) is 7.90. The molecule has 3 unspecified atom stereocenters. The van der Waals surface area contributed by atoms with Gasteiger partial charge in [-0.3, -0.25) is 4.90 Å². The van der Waals surface area contributed by atoms with Crippen LogP contribution in [0.3, 0.4) is 0 Å². The lowest BCUT2D eigenvalue weighted by molar-refractivity contribution is 0.124. The third-order valence-corrected chi connectivity index (χ3v) is 4.53. The molecule has 0 aliphatic carbocycles. The van der Waals surface area contributed by atoms with Gasteiger partial charge in [-0.05, 0) is 50.4 Å². The first kappa shape index (κ1) is 15.5. The number of halogens is 1. The van der Waals surface area contributed by atoms with Gasteiger partial charge in [-0.15, -0.1) is 0 Å². The van der Waals surface area contributed by atoms with E-state index in [0.29, 0.717) is 6.04 Å². The summed E-state index contributed by atoms with van der Waals surface area (Å²) in [5, 5.41) is 0. The molecule has 1 saturated heterocycles. The highest BCUT2D eigenvalue weighted by atomic mass is 19.1. The third kappa shape index (κ3) is 3.58. The van der Waals surface area contributed by atoms with Crippen LogP contribution in [-0.4, -0.2) is 23.5 Å². The molecule has 1 aliphatic rings. The Labute approximate surface area is 122 Å². The van der Waals surface area contributed by atoms with E-state index in [0.717, 1.165) is 18.5 Å². The number of hydrogen-bond acceptors (Lipinski definition) is 2. The molecule has 1 fully saturated rings. The van der Waals surface area contributed by atoms with Crippen molar-refractivity contribution in [2.75, 3.05) is 6.54 Å². The molecule has 0 radical (unpaired) electrons. The zero-order chi connectivity index (χ0) is 14.5. The van der Waals surface area contributed by atoms with Gasteiger partial charge in [0.25, 0.3) is 0 Å². The van der Waals surface area contributed by atoms with Gasteiger partial charge >= 0.3 is 0 Å². The standard InChI is InChI=1S/C17H27FN2/c1-3-16(19)17(14-9-7-10-15(18)12-14)20-11-6-4-5-8-13(20)2/h7,9-10,12-13,16-17H,3-6,8,11,19H2,1-2H3. The Morgan fingerprint density at radius 2 is 2.15 bits per heavy atom. The lowest BCUT2D eigenvalue weighted by Gasteiger charge is -2.39. The number of nitrogens with zero attached hydrogens (tertiary/aromatic N) is 1. The highest BCUT2D eigenvalue weighted by Gasteiger charge is 2.30. The van der Waals surface area contributed by atoms with Crippen LogP contribution in [0, 0.1) is 5.82 Å². The van der Waals surface area contributed by atoms with Gasteiger partial charge in [-0.2, -0.15) is 0 Å². The topological polar surface area (TPSA) is 29.3 Å². The summed E-state index contributed by atoms with van der Waals surface area (Å²) in [6.45, 7) is 5.45. The van der Waals surface area contributed by atoms with Crippen LogP contribution < -0.4 is 5.73 Å². The van der Waals surface area contributed by atoms with E-state index >= 15 is 0 Å². The number of likely N-dealkylation sites (tertiary alicyclic amines) is 1. The molecule has 1 heterocycles. The molecule has 112 valence electrons. The summed E-state index contributed by atoms with van der Waals surface area (Å²) < 4.78 is 13.6. The maximum absolute atomic E-state index is 13.6. The second-order valence-corrected chi connectivity index (χ2v) is 6.01. The molecule has 0 amide bonds. The molecule has 3 heteroatoms. The predicted octanol–water partition coefficient (Wildman–Crippen LogP) is 3.87. The van der Waals surface area contributed by atoms with E-state index in [2.05, 4.69) is 18.7 Å². The minimum Gasteiger partial charge on any atom is -0.326 e. The zero-order valence-electron chi connectivity index (χ0n) is 12.7. The van der Waals surface area contributed by atoms with Gasteiger partial charge in [0, 0.05) is 12.1 Å². The molecule has 0 spiro atoms. The normalized spacial score (nSPS) is 24.1. The van der Waals surface area contributed by atoms with Crippen molar-refractivity contribution >= 4 is 0 Å². The lowest BCUT2D eigenvalue weighted by atomic mass is 9.94. The molecule has 0 aromatic heterocycles. The second-order valence-electron chi connectivity index (χ2n) is 6.01. The van der Waals surface area contributed by atoms with Gasteiger partial charge in [0.2, 0.25) is 0 Å². The van der Waals surface area contributed by atoms with E-state index in [1.807, 2.05) is 6.07 Å². The van der Waals surface area contributed by atoms with Crippen molar-refractivity contribution < 1.29 is 4.39 Å². The van der Waals surface area contributed by atoms with Gasteiger partial charge in [-0.25, -0.2) is 4.39 Å². The summed E-state index contributed by atoms with van der Waals surface area (Å²) in [6.07, 6.45) is 5.91. The molecular weight excluding hydrogens is 251 g/mol. The number of nitrogens with two attached hydrogens (primary N) is 1. The molecule has 2 nitrogen and oxygen atoms in total. The monoisotopic (exact) mass is 278 g/mol. The molecule has 0 bridgehead atoms. The molecular formula is C17H27FN2. The minimum absolute atomic E-state index is 0.0531. The van der Waals surface area contributed by atoms with E-state index in [1.165, 1.54) is 31.7 Å². The summed E-state index contributed by atoms with van der Waals surface area (Å²) >= 11 is 0. The average Bonchev–Trinajstić information content (AvgIpc) is 2.64. The van der Waals surface area contributed by atoms with E-state index in [-0.39, 0.29) is 17.9 Å². The molecule has 1 aromatic carbocycles. The van der Waals surface area contributed by atoms with Gasteiger partial charge in [0.05, 0.1) is 6.04 Å². The van der Waals surface area contributed by atoms with Gasteiger partial charge < -0.3 is 5.73 Å². The Hall–Kier alpha value is -0.930. The van der Waals surface area contributed by atoms with Crippen LogP contribution in [-0.2, 0) is 0 Å². The Balaban J connectivity index is 2.31. The summed E-state index contributed by atoms with van der Waals surface area (Å²) in [5.41, 5.74) is 7.40. The van der Waals surface area contributed by atoms with Crippen molar-refractivity contribution in [2.24, 2.45) is 5.73 Å². The maximum Gasteiger partial charge on any atom is 0.123 e. The van der Waals surface area contributed by atoms with E-state index in [4.69, 9.17) is 5.73 Å². The van der Waals surface area contributed by atoms with Crippen LogP contribution in [0.1, 0.15) is 57.6 Å². The van der Waals surface area contributed by atoms with Crippen molar-refractivity contribution in [3.8, 4) is 0 Å². The van der Waals surface area contributed by atoms with Crippen LogP contribution in [0.15, 0.2) is 24.3 Å². The third-order valence-electron chi connectivity index (χ3n) is 4.53. The Kier molecular flexibility index (Phi) is 5.55. The van der Waals surface area contributed by atoms with Crippen molar-refractivity contribution in [1.82, 2.24) is 4.90 Å². The summed E-state index contributed by atoms with van der Waals surface area (Å²) in [7, 11) is 0. The van der Waals surface area contributed by atoms with Crippen molar-refractivity contribution in [3.05, 3.63) is 35.6 Å². The lowest BCUT2D eigenvalue weighted by Crippen LogP contribution is -2.45. The molecule has 0 saturated carbocycles. The molecule has 2 N–H and O–H groups in total. The average molecular weight is 278 g/mol. The van der Waals surface area contributed by atoms with E-state index < -0.39 is 0 Å². The molecule has 1 aliphatic heterocycles. The minimum atomic E-state index is -0.168. The van der Waals surface area contributed by atoms with Crippen LogP contribution in [0.2, 0.25) is 0 Å². The fourth-order valence-corrected chi connectivity index (χ4v) is 3.31. The fraction of sp³-hybridized carbons (Fsp3) is 0.647. The zero-order valence-corrected chi connectivity index (χ0v) is 12.7. The van der Waals surface area contributed by atoms with E-state index in [9.17, 15) is 4.39 Å². The molecule has 1 aromatic rings. The highest BCUT2D eigenvalue weighted by molar-refractivity contribution is 5.22. The maximum atomic E-state index is 13.6. The van der Waals surface area contributed by atoms with Gasteiger partial charge in [-0.1, -0.05) is 31.9 Å². The first-order valence-electron chi connectivity index (χ1n) is 7.90. The SMILES string of the molecule is CCC(N)C(c1cccc(F)c1)N1CCCCCC1C. The summed E-state index contributed by atoms with van der Waals surface area (Å²) in [6, 6.07) is 7.66. The van der Waals surface area contributed by atoms with Gasteiger partial charge in [0.1, 0.15) is 5.82 Å². The summed E-state index contributed by atoms with van der Waals surface area (Å²) in [4.78, 5) is 2.50. The van der Waals surface area contributed by atoms with Crippen LogP contribution in [0.5, 0.6) is 0 Å². The number of hydrogen-bond donors (Lipinski definition) is 1. The van der Waals surface area contributed by atoms with Crippen molar-refractivity contribution in [2.45, 2.75) is 64.1 Å². The Morgan fingerprint density at radius 3 is 2.85 bits per heavy atom. The van der Waals surface area contributed by atoms with E-state index in [1.54, 1.807) is 12.1 Å². The molecule has 3 atom stereocenters. The van der Waals surface area contributed by atoms with Crippen molar-refractivity contribution in [3.63, 3.8) is 0 Å². The molecule has 20 heavy (non-hydrogen) atoms. The van der Waals surface area contributed by atoms with Crippen LogP contribution >= 0.6 is 0 Å². The number of rotatable bonds is 4. The quantitative estimate of drug-likeness (QED) is 0.906. The second kappa shape index (κ2) is 7.19. The largest absolute Gasteiger partial charge is 0.326 e. The first-order chi connectivity index (χ1) is 9.63. The van der Waals surface area contributed by atoms with Crippen LogP contribution in [0.25, 0.3) is 0 Å². The smallest absolute Gasteiger partial charge is 0.123 e. The summed E-state index contributed by atoms with van der Waals surface area (Å²) in [5.74, 6) is -0.168. The van der Waals surface area contributed by atoms with Gasteiger partial charge in [0.15, 0.2) is 0 Å². The Bertz CT molecular complexity index is 421. The molecule has 2 rings (SSSR count). The highest BCUT2D eigenvalue weighted by Crippen LogP contribution is 2.31. The predicted molar refractivity (Wildman–Crippen MR) is 82.0 cm³/mol. The number of benzene rings is 1. The van der Waals surface area contributed by atoms with Crippen molar-refractivity contribution in [1.29, 1.82) is 0 Å².